The molecule has 0 aromatic carbocycles. The maximum absolute atomic E-state index is 5.73. The van der Waals surface area contributed by atoms with Gasteiger partial charge in [-0.05, 0) is 31.2 Å². The molecule has 0 saturated carbocycles. The Morgan fingerprint density at radius 2 is 2.38 bits per heavy atom. The van der Waals surface area contributed by atoms with Crippen molar-refractivity contribution in [1.82, 2.24) is 9.78 Å². The molecule has 1 atom stereocenters. The summed E-state index contributed by atoms with van der Waals surface area (Å²) in [6.07, 6.45) is 5.36. The van der Waals surface area contributed by atoms with E-state index in [2.05, 4.69) is 18.1 Å². The summed E-state index contributed by atoms with van der Waals surface area (Å²) in [6, 6.07) is 2.07. The molecule has 3 heteroatoms. The highest BCUT2D eigenvalue weighted by Crippen LogP contribution is 2.10. The molecule has 0 aliphatic carbocycles. The normalized spacial score (nSPS) is 13.2. The van der Waals surface area contributed by atoms with E-state index in [0.29, 0.717) is 5.92 Å². The Bertz CT molecular complexity index is 245. The van der Waals surface area contributed by atoms with Crippen molar-refractivity contribution in [3.8, 4) is 0 Å². The van der Waals surface area contributed by atoms with Crippen LogP contribution in [0.1, 0.15) is 25.5 Å². The van der Waals surface area contributed by atoms with Gasteiger partial charge in [0.1, 0.15) is 0 Å². The van der Waals surface area contributed by atoms with E-state index in [1.54, 1.807) is 0 Å². The summed E-state index contributed by atoms with van der Waals surface area (Å²) < 4.78 is 1.94. The molecule has 2 nitrogen and oxygen atoms in total. The molecule has 1 unspecified atom stereocenters. The highest BCUT2D eigenvalue weighted by Gasteiger charge is 2.02. The minimum Gasteiger partial charge on any atom is -0.273 e. The molecular formula is C10H17ClN2. The number of nitrogens with zero attached hydrogens (tertiary/aromatic N) is 2. The number of hydrogen-bond donors (Lipinski definition) is 0. The first-order valence-electron chi connectivity index (χ1n) is 4.77. The molecule has 0 N–H and O–H groups in total. The minimum absolute atomic E-state index is 0.634. The first kappa shape index (κ1) is 10.6. The van der Waals surface area contributed by atoms with Crippen LogP contribution in [0, 0.1) is 5.92 Å². The van der Waals surface area contributed by atoms with Gasteiger partial charge in [-0.1, -0.05) is 6.92 Å². The van der Waals surface area contributed by atoms with E-state index in [0.717, 1.165) is 12.3 Å². The largest absolute Gasteiger partial charge is 0.273 e. The van der Waals surface area contributed by atoms with Crippen molar-refractivity contribution in [1.29, 1.82) is 0 Å². The first-order chi connectivity index (χ1) is 6.24. The molecule has 0 fully saturated rings. The molecule has 1 aromatic rings. The van der Waals surface area contributed by atoms with Gasteiger partial charge < -0.3 is 0 Å². The van der Waals surface area contributed by atoms with Gasteiger partial charge in [-0.25, -0.2) is 0 Å². The van der Waals surface area contributed by atoms with Gasteiger partial charge >= 0.3 is 0 Å². The molecular weight excluding hydrogens is 184 g/mol. The Balaban J connectivity index is 2.24. The summed E-state index contributed by atoms with van der Waals surface area (Å²) in [5, 5.41) is 4.13. The average Bonchev–Trinajstić information content (AvgIpc) is 2.52. The van der Waals surface area contributed by atoms with Gasteiger partial charge in [0.25, 0.3) is 0 Å². The topological polar surface area (TPSA) is 17.8 Å². The van der Waals surface area contributed by atoms with Crippen LogP contribution in [0.4, 0.5) is 0 Å². The third kappa shape index (κ3) is 3.39. The van der Waals surface area contributed by atoms with Crippen LogP contribution in [-0.2, 0) is 13.5 Å². The summed E-state index contributed by atoms with van der Waals surface area (Å²) in [5.74, 6) is 1.40. The second-order valence-corrected chi connectivity index (χ2v) is 3.91. The molecule has 0 spiro atoms. The molecule has 74 valence electrons. The van der Waals surface area contributed by atoms with Crippen molar-refractivity contribution in [3.63, 3.8) is 0 Å². The summed E-state index contributed by atoms with van der Waals surface area (Å²) >= 11 is 5.73. The van der Waals surface area contributed by atoms with E-state index < -0.39 is 0 Å². The fourth-order valence-corrected chi connectivity index (χ4v) is 1.51. The van der Waals surface area contributed by atoms with Crippen LogP contribution in [0.5, 0.6) is 0 Å². The van der Waals surface area contributed by atoms with Crippen molar-refractivity contribution in [2.24, 2.45) is 13.0 Å². The van der Waals surface area contributed by atoms with Crippen LogP contribution in [-0.4, -0.2) is 15.7 Å². The zero-order valence-electron chi connectivity index (χ0n) is 8.33. The summed E-state index contributed by atoms with van der Waals surface area (Å²) in [7, 11) is 1.99. The maximum atomic E-state index is 5.73. The molecule has 1 heterocycles. The second kappa shape index (κ2) is 5.28. The van der Waals surface area contributed by atoms with Crippen molar-refractivity contribution in [2.75, 3.05) is 5.88 Å². The fourth-order valence-electron chi connectivity index (χ4n) is 1.36. The molecule has 0 amide bonds. The smallest absolute Gasteiger partial charge is 0.0492 e. The van der Waals surface area contributed by atoms with E-state index >= 15 is 0 Å². The fraction of sp³-hybridized carbons (Fsp3) is 0.700. The zero-order chi connectivity index (χ0) is 9.68. The SMILES string of the molecule is CC(CCl)CCCc1ccnn1C. The number of halogens is 1. The van der Waals surface area contributed by atoms with Crippen LogP contribution in [0.25, 0.3) is 0 Å². The quantitative estimate of drug-likeness (QED) is 0.669. The monoisotopic (exact) mass is 200 g/mol. The highest BCUT2D eigenvalue weighted by atomic mass is 35.5. The summed E-state index contributed by atoms with van der Waals surface area (Å²) in [5.41, 5.74) is 1.31. The van der Waals surface area contributed by atoms with Crippen LogP contribution in [0.15, 0.2) is 12.3 Å². The zero-order valence-corrected chi connectivity index (χ0v) is 9.09. The van der Waals surface area contributed by atoms with E-state index in [1.165, 1.54) is 18.5 Å². The Hall–Kier alpha value is -0.500. The molecule has 0 bridgehead atoms. The van der Waals surface area contributed by atoms with Gasteiger partial charge in [0, 0.05) is 24.8 Å². The van der Waals surface area contributed by atoms with Crippen LogP contribution >= 0.6 is 11.6 Å². The number of alkyl halides is 1. The number of aryl methyl sites for hydroxylation is 2. The van der Waals surface area contributed by atoms with Crippen molar-refractivity contribution >= 4 is 11.6 Å². The Kier molecular flexibility index (Phi) is 4.29. The lowest BCUT2D eigenvalue weighted by Gasteiger charge is -2.06. The molecule has 1 rings (SSSR count). The van der Waals surface area contributed by atoms with E-state index in [-0.39, 0.29) is 0 Å². The molecule has 0 radical (unpaired) electrons. The molecule has 0 saturated heterocycles. The van der Waals surface area contributed by atoms with Gasteiger partial charge in [0.05, 0.1) is 0 Å². The van der Waals surface area contributed by atoms with Gasteiger partial charge in [0.15, 0.2) is 0 Å². The lowest BCUT2D eigenvalue weighted by Crippen LogP contribution is -2.01. The summed E-state index contributed by atoms with van der Waals surface area (Å²) in [4.78, 5) is 0. The Morgan fingerprint density at radius 3 is 2.92 bits per heavy atom. The van der Waals surface area contributed by atoms with Crippen LogP contribution < -0.4 is 0 Å². The highest BCUT2D eigenvalue weighted by molar-refractivity contribution is 6.18. The van der Waals surface area contributed by atoms with E-state index in [9.17, 15) is 0 Å². The molecule has 13 heavy (non-hydrogen) atoms. The summed E-state index contributed by atoms with van der Waals surface area (Å²) in [6.45, 7) is 2.19. The molecule has 1 aromatic heterocycles. The maximum Gasteiger partial charge on any atom is 0.0492 e. The number of aromatic nitrogens is 2. The van der Waals surface area contributed by atoms with Gasteiger partial charge in [-0.15, -0.1) is 11.6 Å². The van der Waals surface area contributed by atoms with Gasteiger partial charge in [-0.2, -0.15) is 5.10 Å². The van der Waals surface area contributed by atoms with Gasteiger partial charge in [-0.3, -0.25) is 4.68 Å². The average molecular weight is 201 g/mol. The Morgan fingerprint density at radius 1 is 1.62 bits per heavy atom. The number of hydrogen-bond acceptors (Lipinski definition) is 1. The van der Waals surface area contributed by atoms with E-state index in [4.69, 9.17) is 11.6 Å². The van der Waals surface area contributed by atoms with Crippen LogP contribution in [0.2, 0.25) is 0 Å². The standard InChI is InChI=1S/C10H17ClN2/c1-9(8-11)4-3-5-10-6-7-12-13(10)2/h6-7,9H,3-5,8H2,1-2H3. The van der Waals surface area contributed by atoms with Crippen LogP contribution in [0.3, 0.4) is 0 Å². The van der Waals surface area contributed by atoms with Gasteiger partial charge in [0.2, 0.25) is 0 Å². The lowest BCUT2D eigenvalue weighted by molar-refractivity contribution is 0.549. The first-order valence-corrected chi connectivity index (χ1v) is 5.30. The predicted molar refractivity (Wildman–Crippen MR) is 56.0 cm³/mol. The third-order valence-corrected chi connectivity index (χ3v) is 2.84. The van der Waals surface area contributed by atoms with Crippen molar-refractivity contribution in [2.45, 2.75) is 26.2 Å². The molecule has 0 aliphatic rings. The third-order valence-electron chi connectivity index (χ3n) is 2.32. The number of rotatable bonds is 5. The predicted octanol–water partition coefficient (Wildman–Crippen LogP) is 2.62. The van der Waals surface area contributed by atoms with Crippen molar-refractivity contribution in [3.05, 3.63) is 18.0 Å². The second-order valence-electron chi connectivity index (χ2n) is 3.60. The minimum atomic E-state index is 0.634. The Labute approximate surface area is 84.9 Å². The van der Waals surface area contributed by atoms with E-state index in [1.807, 2.05) is 17.9 Å². The lowest BCUT2D eigenvalue weighted by atomic mass is 10.1. The molecule has 0 aliphatic heterocycles. The van der Waals surface area contributed by atoms with Crippen molar-refractivity contribution < 1.29 is 0 Å².